The largest absolute Gasteiger partial charge is 0.359 e. The molecule has 2 atom stereocenters. The third-order valence-corrected chi connectivity index (χ3v) is 3.43. The van der Waals surface area contributed by atoms with Crippen LogP contribution in [0.1, 0.15) is 50.1 Å². The number of rotatable bonds is 4. The van der Waals surface area contributed by atoms with Crippen molar-refractivity contribution in [3.05, 3.63) is 17.5 Å². The van der Waals surface area contributed by atoms with Crippen LogP contribution in [0.2, 0.25) is 0 Å². The van der Waals surface area contributed by atoms with E-state index >= 15 is 0 Å². The third-order valence-electron chi connectivity index (χ3n) is 3.43. The summed E-state index contributed by atoms with van der Waals surface area (Å²) >= 11 is 0. The molecule has 1 aromatic rings. The fourth-order valence-electron chi connectivity index (χ4n) is 2.51. The number of carbonyl (C=O) groups excluding carboxylic acids is 1. The van der Waals surface area contributed by atoms with Crippen molar-refractivity contribution >= 4 is 5.91 Å². The molecule has 1 saturated heterocycles. The number of aromatic nitrogens is 1. The average Bonchev–Trinajstić information content (AvgIpc) is 2.96. The van der Waals surface area contributed by atoms with Crippen LogP contribution in [-0.2, 0) is 4.79 Å². The summed E-state index contributed by atoms with van der Waals surface area (Å²) in [6, 6.07) is 1.53. The Morgan fingerprint density at radius 3 is 3.11 bits per heavy atom. The summed E-state index contributed by atoms with van der Waals surface area (Å²) in [6.45, 7) is 4.69. The molecule has 18 heavy (non-hydrogen) atoms. The van der Waals surface area contributed by atoms with E-state index in [0.717, 1.165) is 43.7 Å². The van der Waals surface area contributed by atoms with Gasteiger partial charge in [-0.15, -0.1) is 0 Å². The van der Waals surface area contributed by atoms with Gasteiger partial charge in [-0.3, -0.25) is 4.79 Å². The number of nitrogens with zero attached hydrogens (tertiary/aromatic N) is 2. The summed E-state index contributed by atoms with van der Waals surface area (Å²) in [7, 11) is 0. The summed E-state index contributed by atoms with van der Waals surface area (Å²) in [5.74, 6) is 0.815. The Hall–Kier alpha value is -1.36. The fourth-order valence-corrected chi connectivity index (χ4v) is 2.51. The van der Waals surface area contributed by atoms with Gasteiger partial charge in [0, 0.05) is 12.6 Å². The minimum absolute atomic E-state index is 0.0154. The van der Waals surface area contributed by atoms with Crippen LogP contribution < -0.4 is 5.73 Å². The number of hydrogen-bond donors (Lipinski definition) is 1. The van der Waals surface area contributed by atoms with Gasteiger partial charge in [0.2, 0.25) is 5.91 Å². The van der Waals surface area contributed by atoms with Crippen LogP contribution in [0.4, 0.5) is 0 Å². The van der Waals surface area contributed by atoms with Gasteiger partial charge in [-0.2, -0.15) is 0 Å². The van der Waals surface area contributed by atoms with Crippen LogP contribution in [0.3, 0.4) is 0 Å². The van der Waals surface area contributed by atoms with Crippen molar-refractivity contribution in [2.75, 3.05) is 6.54 Å². The van der Waals surface area contributed by atoms with E-state index in [0.29, 0.717) is 0 Å². The van der Waals surface area contributed by atoms with Crippen molar-refractivity contribution < 1.29 is 9.32 Å². The first-order valence-corrected chi connectivity index (χ1v) is 6.62. The van der Waals surface area contributed by atoms with Crippen molar-refractivity contribution in [1.29, 1.82) is 0 Å². The smallest absolute Gasteiger partial charge is 0.240 e. The SMILES string of the molecule is CCCC(N)C(=O)N1CCCC1c1cc(C)no1. The first-order valence-electron chi connectivity index (χ1n) is 6.62. The minimum atomic E-state index is -0.389. The quantitative estimate of drug-likeness (QED) is 0.885. The molecule has 0 aliphatic carbocycles. The van der Waals surface area contributed by atoms with E-state index in [4.69, 9.17) is 10.3 Å². The third kappa shape index (κ3) is 2.56. The van der Waals surface area contributed by atoms with Crippen molar-refractivity contribution in [1.82, 2.24) is 10.1 Å². The minimum Gasteiger partial charge on any atom is -0.359 e. The molecule has 100 valence electrons. The highest BCUT2D eigenvalue weighted by atomic mass is 16.5. The number of hydrogen-bond acceptors (Lipinski definition) is 4. The molecule has 0 spiro atoms. The summed E-state index contributed by atoms with van der Waals surface area (Å²) < 4.78 is 5.28. The molecular formula is C13H21N3O2. The second-order valence-electron chi connectivity index (χ2n) is 4.96. The van der Waals surface area contributed by atoms with E-state index in [1.165, 1.54) is 0 Å². The maximum Gasteiger partial charge on any atom is 0.240 e. The molecular weight excluding hydrogens is 230 g/mol. The van der Waals surface area contributed by atoms with Crippen molar-refractivity contribution in [3.63, 3.8) is 0 Å². The topological polar surface area (TPSA) is 72.4 Å². The molecule has 1 aliphatic heterocycles. The Kier molecular flexibility index (Phi) is 4.01. The van der Waals surface area contributed by atoms with Gasteiger partial charge in [0.05, 0.1) is 17.8 Å². The lowest BCUT2D eigenvalue weighted by Crippen LogP contribution is -2.43. The van der Waals surface area contributed by atoms with Crippen molar-refractivity contribution in [2.45, 2.75) is 51.6 Å². The summed E-state index contributed by atoms with van der Waals surface area (Å²) in [5.41, 5.74) is 6.76. The number of likely N-dealkylation sites (tertiary alicyclic amines) is 1. The first kappa shape index (κ1) is 13.1. The zero-order valence-electron chi connectivity index (χ0n) is 11.1. The number of amides is 1. The van der Waals surface area contributed by atoms with Crippen molar-refractivity contribution in [2.24, 2.45) is 5.73 Å². The zero-order chi connectivity index (χ0) is 13.1. The second kappa shape index (κ2) is 5.52. The Balaban J connectivity index is 2.10. The van der Waals surface area contributed by atoms with Crippen LogP contribution in [0.5, 0.6) is 0 Å². The number of aryl methyl sites for hydroxylation is 1. The molecule has 0 saturated carbocycles. The zero-order valence-corrected chi connectivity index (χ0v) is 11.1. The second-order valence-corrected chi connectivity index (χ2v) is 4.96. The summed E-state index contributed by atoms with van der Waals surface area (Å²) in [5, 5.41) is 3.89. The van der Waals surface area contributed by atoms with Crippen LogP contribution in [0.15, 0.2) is 10.6 Å². The van der Waals surface area contributed by atoms with Gasteiger partial charge >= 0.3 is 0 Å². The van der Waals surface area contributed by atoms with E-state index in [1.54, 1.807) is 0 Å². The van der Waals surface area contributed by atoms with E-state index in [-0.39, 0.29) is 18.0 Å². The molecule has 0 aromatic carbocycles. The maximum absolute atomic E-state index is 12.3. The van der Waals surface area contributed by atoms with Gasteiger partial charge < -0.3 is 15.2 Å². The molecule has 2 unspecified atom stereocenters. The summed E-state index contributed by atoms with van der Waals surface area (Å²) in [6.07, 6.45) is 3.58. The standard InChI is InChI=1S/C13H21N3O2/c1-3-5-10(14)13(17)16-7-4-6-11(16)12-8-9(2)15-18-12/h8,10-11H,3-7,14H2,1-2H3. The highest BCUT2D eigenvalue weighted by Crippen LogP contribution is 2.32. The van der Waals surface area contributed by atoms with Gasteiger partial charge in [-0.25, -0.2) is 0 Å². The van der Waals surface area contributed by atoms with E-state index in [9.17, 15) is 4.79 Å². The first-order chi connectivity index (χ1) is 8.63. The normalized spacial score (nSPS) is 21.3. The predicted molar refractivity (Wildman–Crippen MR) is 67.8 cm³/mol. The highest BCUT2D eigenvalue weighted by molar-refractivity contribution is 5.82. The van der Waals surface area contributed by atoms with Gasteiger partial charge in [-0.1, -0.05) is 18.5 Å². The highest BCUT2D eigenvalue weighted by Gasteiger charge is 2.34. The van der Waals surface area contributed by atoms with Gasteiger partial charge in [0.25, 0.3) is 0 Å². The lowest BCUT2D eigenvalue weighted by atomic mass is 10.1. The molecule has 5 heteroatoms. The van der Waals surface area contributed by atoms with E-state index < -0.39 is 0 Å². The maximum atomic E-state index is 12.3. The predicted octanol–water partition coefficient (Wildman–Crippen LogP) is 1.77. The molecule has 2 rings (SSSR count). The summed E-state index contributed by atoms with van der Waals surface area (Å²) in [4.78, 5) is 14.1. The molecule has 1 aromatic heterocycles. The average molecular weight is 251 g/mol. The van der Waals surface area contributed by atoms with Crippen LogP contribution >= 0.6 is 0 Å². The van der Waals surface area contributed by atoms with Gasteiger partial charge in [0.1, 0.15) is 0 Å². The Morgan fingerprint density at radius 1 is 1.72 bits per heavy atom. The Morgan fingerprint density at radius 2 is 2.50 bits per heavy atom. The van der Waals surface area contributed by atoms with Crippen molar-refractivity contribution in [3.8, 4) is 0 Å². The molecule has 1 aliphatic rings. The molecule has 0 bridgehead atoms. The lowest BCUT2D eigenvalue weighted by Gasteiger charge is -2.25. The molecule has 0 radical (unpaired) electrons. The lowest BCUT2D eigenvalue weighted by molar-refractivity contribution is -0.134. The Labute approximate surface area is 107 Å². The molecule has 2 N–H and O–H groups in total. The van der Waals surface area contributed by atoms with E-state index in [1.807, 2.05) is 24.8 Å². The van der Waals surface area contributed by atoms with Gasteiger partial charge in [-0.05, 0) is 26.2 Å². The molecule has 1 amide bonds. The van der Waals surface area contributed by atoms with Gasteiger partial charge in [0.15, 0.2) is 5.76 Å². The molecule has 5 nitrogen and oxygen atoms in total. The van der Waals surface area contributed by atoms with Crippen LogP contribution in [-0.4, -0.2) is 28.6 Å². The molecule has 1 fully saturated rings. The Bertz CT molecular complexity index is 416. The monoisotopic (exact) mass is 251 g/mol. The van der Waals surface area contributed by atoms with Crippen LogP contribution in [0.25, 0.3) is 0 Å². The fraction of sp³-hybridized carbons (Fsp3) is 0.692. The number of nitrogens with two attached hydrogens (primary N) is 1. The van der Waals surface area contributed by atoms with E-state index in [2.05, 4.69) is 5.16 Å². The van der Waals surface area contributed by atoms with Crippen LogP contribution in [0, 0.1) is 6.92 Å². The molecule has 2 heterocycles. The number of carbonyl (C=O) groups is 1.